The summed E-state index contributed by atoms with van der Waals surface area (Å²) < 4.78 is 5.18. The molecule has 2 aromatic carbocycles. The highest BCUT2D eigenvalue weighted by Gasteiger charge is 2.25. The number of rotatable bonds is 8. The molecule has 0 saturated carbocycles. The number of aliphatic imine (C=N–C) groups is 1. The Labute approximate surface area is 201 Å². The van der Waals surface area contributed by atoms with Crippen LogP contribution >= 0.6 is 35.7 Å². The second-order valence-electron chi connectivity index (χ2n) is 7.21. The molecular formula is C23H32IN3O2S. The first-order valence-electron chi connectivity index (χ1n) is 10.2. The maximum Gasteiger partial charge on any atom is 0.194 e. The lowest BCUT2D eigenvalue weighted by molar-refractivity contribution is 0.186. The minimum atomic E-state index is -0.624. The summed E-state index contributed by atoms with van der Waals surface area (Å²) in [6.45, 7) is 5.25. The molecule has 0 aromatic heterocycles. The second kappa shape index (κ2) is 13.1. The minimum Gasteiger partial charge on any atom is -0.497 e. The van der Waals surface area contributed by atoms with Gasteiger partial charge in [0.15, 0.2) is 5.96 Å². The molecular weight excluding hydrogens is 509 g/mol. The van der Waals surface area contributed by atoms with Gasteiger partial charge in [-0.05, 0) is 49.1 Å². The zero-order valence-corrected chi connectivity index (χ0v) is 20.8. The lowest BCUT2D eigenvalue weighted by Crippen LogP contribution is -2.40. The van der Waals surface area contributed by atoms with Crippen LogP contribution in [0.1, 0.15) is 25.0 Å². The molecule has 30 heavy (non-hydrogen) atoms. The number of nitrogens with one attached hydrogen (secondary N) is 1. The number of ether oxygens (including phenoxy) is 1. The molecule has 2 N–H and O–H groups in total. The van der Waals surface area contributed by atoms with Crippen molar-refractivity contribution in [3.8, 4) is 5.75 Å². The standard InChI is InChI=1S/C23H31N3O2S.HI/c1-3-24-23(25-15-22(27)19-9-11-20(28-2)12-10-19)26-14-13-18(16-26)17-29-21-7-5-4-6-8-21;/h4-12,18,22,27H,3,13-17H2,1-2H3,(H,24,25);1H. The summed E-state index contributed by atoms with van der Waals surface area (Å²) in [6, 6.07) is 18.1. The highest BCUT2D eigenvalue weighted by Crippen LogP contribution is 2.26. The highest BCUT2D eigenvalue weighted by atomic mass is 127. The third-order valence-electron chi connectivity index (χ3n) is 5.06. The number of nitrogens with zero attached hydrogens (tertiary/aromatic N) is 2. The third kappa shape index (κ3) is 7.35. The van der Waals surface area contributed by atoms with Crippen LogP contribution in [-0.2, 0) is 0 Å². The van der Waals surface area contributed by atoms with E-state index in [0.29, 0.717) is 12.5 Å². The number of hydrogen-bond donors (Lipinski definition) is 2. The van der Waals surface area contributed by atoms with Crippen LogP contribution in [0.15, 0.2) is 64.5 Å². The van der Waals surface area contributed by atoms with Crippen molar-refractivity contribution in [1.29, 1.82) is 0 Å². The SMILES string of the molecule is CCNC(=NCC(O)c1ccc(OC)cc1)N1CCC(CSc2ccccc2)C1.I. The van der Waals surface area contributed by atoms with Crippen molar-refractivity contribution in [3.63, 3.8) is 0 Å². The molecule has 2 unspecified atom stereocenters. The maximum atomic E-state index is 10.5. The average molecular weight is 541 g/mol. The van der Waals surface area contributed by atoms with Gasteiger partial charge in [-0.25, -0.2) is 0 Å². The van der Waals surface area contributed by atoms with E-state index >= 15 is 0 Å². The predicted octanol–water partition coefficient (Wildman–Crippen LogP) is 4.43. The van der Waals surface area contributed by atoms with Gasteiger partial charge in [0.2, 0.25) is 0 Å². The normalized spacial score (nSPS) is 17.4. The van der Waals surface area contributed by atoms with Gasteiger partial charge in [-0.2, -0.15) is 0 Å². The summed E-state index contributed by atoms with van der Waals surface area (Å²) in [5.41, 5.74) is 0.851. The van der Waals surface area contributed by atoms with Crippen molar-refractivity contribution in [3.05, 3.63) is 60.2 Å². The van der Waals surface area contributed by atoms with Gasteiger partial charge < -0.3 is 20.1 Å². The fourth-order valence-corrected chi connectivity index (χ4v) is 4.47. The van der Waals surface area contributed by atoms with Gasteiger partial charge in [0.25, 0.3) is 0 Å². The Bertz CT molecular complexity index is 774. The molecule has 1 fully saturated rings. The second-order valence-corrected chi connectivity index (χ2v) is 8.30. The van der Waals surface area contributed by atoms with E-state index in [1.807, 2.05) is 36.0 Å². The topological polar surface area (TPSA) is 57.1 Å². The molecule has 2 atom stereocenters. The molecule has 1 aliphatic rings. The zero-order valence-electron chi connectivity index (χ0n) is 17.7. The first kappa shape index (κ1) is 24.8. The van der Waals surface area contributed by atoms with E-state index in [0.717, 1.165) is 42.7 Å². The summed E-state index contributed by atoms with van der Waals surface area (Å²) in [5, 5.41) is 13.9. The number of benzene rings is 2. The average Bonchev–Trinajstić information content (AvgIpc) is 3.24. The van der Waals surface area contributed by atoms with Gasteiger partial charge in [-0.3, -0.25) is 4.99 Å². The fourth-order valence-electron chi connectivity index (χ4n) is 3.42. The van der Waals surface area contributed by atoms with Crippen LogP contribution < -0.4 is 10.1 Å². The van der Waals surface area contributed by atoms with E-state index < -0.39 is 6.10 Å². The Balaban J connectivity index is 0.00000320. The first-order valence-corrected chi connectivity index (χ1v) is 11.2. The Kier molecular flexibility index (Phi) is 10.8. The number of hydrogen-bond acceptors (Lipinski definition) is 4. The van der Waals surface area contributed by atoms with Gasteiger partial charge in [0.1, 0.15) is 5.75 Å². The number of methoxy groups -OCH3 is 1. The minimum absolute atomic E-state index is 0. The van der Waals surface area contributed by atoms with E-state index in [2.05, 4.69) is 47.5 Å². The zero-order chi connectivity index (χ0) is 20.5. The smallest absolute Gasteiger partial charge is 0.194 e. The number of aliphatic hydroxyl groups excluding tert-OH is 1. The summed E-state index contributed by atoms with van der Waals surface area (Å²) in [5.74, 6) is 3.45. The van der Waals surface area contributed by atoms with Crippen molar-refractivity contribution in [2.45, 2.75) is 24.3 Å². The molecule has 2 aromatic rings. The van der Waals surface area contributed by atoms with Crippen LogP contribution in [0.2, 0.25) is 0 Å². The molecule has 0 aliphatic carbocycles. The molecule has 1 heterocycles. The number of thioether (sulfide) groups is 1. The Morgan fingerprint density at radius 1 is 1.23 bits per heavy atom. The predicted molar refractivity (Wildman–Crippen MR) is 136 cm³/mol. The van der Waals surface area contributed by atoms with Crippen LogP contribution in [0, 0.1) is 5.92 Å². The lowest BCUT2D eigenvalue weighted by atomic mass is 10.1. The van der Waals surface area contributed by atoms with E-state index in [1.54, 1.807) is 7.11 Å². The summed E-state index contributed by atoms with van der Waals surface area (Å²) in [7, 11) is 1.64. The summed E-state index contributed by atoms with van der Waals surface area (Å²) in [4.78, 5) is 8.36. The van der Waals surface area contributed by atoms with Gasteiger partial charge in [0, 0.05) is 30.3 Å². The van der Waals surface area contributed by atoms with Gasteiger partial charge in [-0.1, -0.05) is 30.3 Å². The molecule has 0 radical (unpaired) electrons. The number of aliphatic hydroxyl groups is 1. The third-order valence-corrected chi connectivity index (χ3v) is 6.31. The van der Waals surface area contributed by atoms with E-state index in [1.165, 1.54) is 11.3 Å². The molecule has 3 rings (SSSR count). The van der Waals surface area contributed by atoms with Crippen molar-refractivity contribution in [2.75, 3.05) is 39.0 Å². The largest absolute Gasteiger partial charge is 0.497 e. The molecule has 0 amide bonds. The summed E-state index contributed by atoms with van der Waals surface area (Å²) in [6.07, 6.45) is 0.548. The van der Waals surface area contributed by atoms with Gasteiger partial charge in [0.05, 0.1) is 19.8 Å². The van der Waals surface area contributed by atoms with Crippen molar-refractivity contribution in [1.82, 2.24) is 10.2 Å². The van der Waals surface area contributed by atoms with E-state index in [9.17, 15) is 5.11 Å². The van der Waals surface area contributed by atoms with Crippen LogP contribution in [0.4, 0.5) is 0 Å². The van der Waals surface area contributed by atoms with Gasteiger partial charge >= 0.3 is 0 Å². The monoisotopic (exact) mass is 541 g/mol. The van der Waals surface area contributed by atoms with Crippen LogP contribution in [0.25, 0.3) is 0 Å². The maximum absolute atomic E-state index is 10.5. The molecule has 164 valence electrons. The molecule has 1 saturated heterocycles. The quantitative estimate of drug-likeness (QED) is 0.224. The fraction of sp³-hybridized carbons (Fsp3) is 0.435. The van der Waals surface area contributed by atoms with Crippen LogP contribution in [-0.4, -0.2) is 55.0 Å². The van der Waals surface area contributed by atoms with Crippen molar-refractivity contribution in [2.24, 2.45) is 10.9 Å². The van der Waals surface area contributed by atoms with Crippen molar-refractivity contribution >= 4 is 41.7 Å². The Morgan fingerprint density at radius 2 is 1.97 bits per heavy atom. The van der Waals surface area contributed by atoms with Gasteiger partial charge in [-0.15, -0.1) is 35.7 Å². The van der Waals surface area contributed by atoms with Crippen LogP contribution in [0.5, 0.6) is 5.75 Å². The first-order chi connectivity index (χ1) is 14.2. The number of likely N-dealkylation sites (tertiary alicyclic amines) is 1. The molecule has 5 nitrogen and oxygen atoms in total. The van der Waals surface area contributed by atoms with Crippen molar-refractivity contribution < 1.29 is 9.84 Å². The lowest BCUT2D eigenvalue weighted by Gasteiger charge is -2.22. The number of guanidine groups is 1. The Hall–Kier alpha value is -1.45. The summed E-state index contributed by atoms with van der Waals surface area (Å²) >= 11 is 1.93. The highest BCUT2D eigenvalue weighted by molar-refractivity contribution is 14.0. The van der Waals surface area contributed by atoms with Crippen LogP contribution in [0.3, 0.4) is 0 Å². The number of halogens is 1. The Morgan fingerprint density at radius 3 is 2.63 bits per heavy atom. The molecule has 1 aliphatic heterocycles. The molecule has 0 spiro atoms. The van der Waals surface area contributed by atoms with E-state index in [-0.39, 0.29) is 24.0 Å². The molecule has 7 heteroatoms. The molecule has 0 bridgehead atoms. The van der Waals surface area contributed by atoms with E-state index in [4.69, 9.17) is 9.73 Å².